The fraction of sp³-hybridized carbons (Fsp3) is 0.636. The smallest absolute Gasteiger partial charge is 0.320 e. The fourth-order valence-electron chi connectivity index (χ4n) is 1.55. The number of aromatic nitrogens is 2. The molecular formula is C11H19N3O2. The number of nitrogens with one attached hydrogen (secondary N) is 2. The maximum absolute atomic E-state index is 11.0. The SMILES string of the molecule is CCC(C)C(NCCc1cnc[nH]1)C(=O)O. The quantitative estimate of drug-likeness (QED) is 0.648. The van der Waals surface area contributed by atoms with E-state index in [1.54, 1.807) is 12.5 Å². The summed E-state index contributed by atoms with van der Waals surface area (Å²) in [4.78, 5) is 17.9. The van der Waals surface area contributed by atoms with Crippen LogP contribution in [0, 0.1) is 5.92 Å². The molecule has 90 valence electrons. The van der Waals surface area contributed by atoms with E-state index in [4.69, 9.17) is 5.11 Å². The molecule has 3 N–H and O–H groups in total. The molecule has 2 unspecified atom stereocenters. The largest absolute Gasteiger partial charge is 0.480 e. The Kier molecular flexibility index (Phi) is 4.98. The molecule has 0 spiro atoms. The van der Waals surface area contributed by atoms with E-state index in [9.17, 15) is 4.79 Å². The normalized spacial score (nSPS) is 14.6. The van der Waals surface area contributed by atoms with Gasteiger partial charge in [-0.25, -0.2) is 4.98 Å². The Balaban J connectivity index is 2.35. The molecule has 0 aliphatic carbocycles. The highest BCUT2D eigenvalue weighted by atomic mass is 16.4. The van der Waals surface area contributed by atoms with Crippen LogP contribution in [0.4, 0.5) is 0 Å². The van der Waals surface area contributed by atoms with E-state index in [2.05, 4.69) is 15.3 Å². The van der Waals surface area contributed by atoms with Crippen LogP contribution in [0.1, 0.15) is 26.0 Å². The van der Waals surface area contributed by atoms with Gasteiger partial charge in [0.2, 0.25) is 0 Å². The van der Waals surface area contributed by atoms with Crippen molar-refractivity contribution in [3.63, 3.8) is 0 Å². The van der Waals surface area contributed by atoms with Gasteiger partial charge < -0.3 is 15.4 Å². The molecule has 1 aromatic rings. The molecule has 0 bridgehead atoms. The van der Waals surface area contributed by atoms with Crippen molar-refractivity contribution in [2.75, 3.05) is 6.54 Å². The van der Waals surface area contributed by atoms with E-state index in [0.717, 1.165) is 18.5 Å². The zero-order chi connectivity index (χ0) is 12.0. The number of aromatic amines is 1. The third-order valence-electron chi connectivity index (χ3n) is 2.79. The van der Waals surface area contributed by atoms with Crippen LogP contribution in [0.5, 0.6) is 0 Å². The molecule has 0 radical (unpaired) electrons. The average Bonchev–Trinajstić information content (AvgIpc) is 2.75. The van der Waals surface area contributed by atoms with Gasteiger partial charge in [-0.2, -0.15) is 0 Å². The maximum atomic E-state index is 11.0. The minimum absolute atomic E-state index is 0.138. The zero-order valence-corrected chi connectivity index (χ0v) is 9.73. The van der Waals surface area contributed by atoms with Crippen LogP contribution in [0.25, 0.3) is 0 Å². The molecule has 1 rings (SSSR count). The Morgan fingerprint density at radius 3 is 2.94 bits per heavy atom. The van der Waals surface area contributed by atoms with Crippen molar-refractivity contribution >= 4 is 5.97 Å². The second kappa shape index (κ2) is 6.27. The van der Waals surface area contributed by atoms with Crippen molar-refractivity contribution in [2.24, 2.45) is 5.92 Å². The van der Waals surface area contributed by atoms with Crippen LogP contribution in [-0.4, -0.2) is 33.6 Å². The third kappa shape index (κ3) is 3.66. The molecular weight excluding hydrogens is 206 g/mol. The third-order valence-corrected chi connectivity index (χ3v) is 2.79. The number of carbonyl (C=O) groups is 1. The van der Waals surface area contributed by atoms with Gasteiger partial charge in [0.1, 0.15) is 6.04 Å². The molecule has 5 nitrogen and oxygen atoms in total. The molecule has 16 heavy (non-hydrogen) atoms. The van der Waals surface area contributed by atoms with Crippen molar-refractivity contribution in [1.82, 2.24) is 15.3 Å². The summed E-state index contributed by atoms with van der Waals surface area (Å²) in [6.45, 7) is 4.59. The van der Waals surface area contributed by atoms with Gasteiger partial charge in [-0.05, 0) is 5.92 Å². The summed E-state index contributed by atoms with van der Waals surface area (Å²) in [7, 11) is 0. The number of carboxylic acids is 1. The topological polar surface area (TPSA) is 78.0 Å². The van der Waals surface area contributed by atoms with Crippen molar-refractivity contribution in [3.8, 4) is 0 Å². The van der Waals surface area contributed by atoms with E-state index in [-0.39, 0.29) is 5.92 Å². The number of rotatable bonds is 7. The van der Waals surface area contributed by atoms with Crippen LogP contribution in [-0.2, 0) is 11.2 Å². The Morgan fingerprint density at radius 2 is 2.44 bits per heavy atom. The predicted octanol–water partition coefficient (Wildman–Crippen LogP) is 1.04. The fourth-order valence-corrected chi connectivity index (χ4v) is 1.55. The number of hydrogen-bond donors (Lipinski definition) is 3. The summed E-state index contributed by atoms with van der Waals surface area (Å²) in [6, 6.07) is -0.465. The first kappa shape index (κ1) is 12.7. The number of imidazole rings is 1. The van der Waals surface area contributed by atoms with Gasteiger partial charge in [-0.15, -0.1) is 0 Å². The van der Waals surface area contributed by atoms with Gasteiger partial charge in [-0.3, -0.25) is 4.79 Å². The van der Waals surface area contributed by atoms with E-state index >= 15 is 0 Å². The summed E-state index contributed by atoms with van der Waals surface area (Å²) in [5.41, 5.74) is 1.01. The molecule has 0 saturated heterocycles. The predicted molar refractivity (Wildman–Crippen MR) is 61.2 cm³/mol. The van der Waals surface area contributed by atoms with Crippen LogP contribution in [0.2, 0.25) is 0 Å². The molecule has 1 heterocycles. The van der Waals surface area contributed by atoms with Crippen molar-refractivity contribution < 1.29 is 9.90 Å². The minimum atomic E-state index is -0.779. The van der Waals surface area contributed by atoms with Crippen LogP contribution < -0.4 is 5.32 Å². The summed E-state index contributed by atoms with van der Waals surface area (Å²) >= 11 is 0. The molecule has 0 amide bonds. The van der Waals surface area contributed by atoms with E-state index in [0.29, 0.717) is 6.54 Å². The molecule has 2 atom stereocenters. The summed E-state index contributed by atoms with van der Waals surface area (Å²) in [5, 5.41) is 12.1. The minimum Gasteiger partial charge on any atom is -0.480 e. The molecule has 0 saturated carbocycles. The Labute approximate surface area is 95.3 Å². The van der Waals surface area contributed by atoms with E-state index in [1.807, 2.05) is 13.8 Å². The lowest BCUT2D eigenvalue weighted by atomic mass is 9.99. The Bertz CT molecular complexity index is 311. The van der Waals surface area contributed by atoms with Gasteiger partial charge in [0.25, 0.3) is 0 Å². The van der Waals surface area contributed by atoms with Gasteiger partial charge in [0.05, 0.1) is 6.33 Å². The highest BCUT2D eigenvalue weighted by molar-refractivity contribution is 5.73. The van der Waals surface area contributed by atoms with Gasteiger partial charge >= 0.3 is 5.97 Å². The molecule has 0 aromatic carbocycles. The Hall–Kier alpha value is -1.36. The van der Waals surface area contributed by atoms with E-state index in [1.165, 1.54) is 0 Å². The van der Waals surface area contributed by atoms with Crippen molar-refractivity contribution in [3.05, 3.63) is 18.2 Å². The lowest BCUT2D eigenvalue weighted by Gasteiger charge is -2.19. The van der Waals surface area contributed by atoms with Crippen LogP contribution in [0.3, 0.4) is 0 Å². The lowest BCUT2D eigenvalue weighted by Crippen LogP contribution is -2.42. The van der Waals surface area contributed by atoms with Gasteiger partial charge in [0.15, 0.2) is 0 Å². The Morgan fingerprint density at radius 1 is 1.69 bits per heavy atom. The van der Waals surface area contributed by atoms with Crippen molar-refractivity contribution in [2.45, 2.75) is 32.7 Å². The summed E-state index contributed by atoms with van der Waals surface area (Å²) in [5.74, 6) is -0.641. The molecule has 1 aromatic heterocycles. The molecule has 0 aliphatic rings. The van der Waals surface area contributed by atoms with Crippen LogP contribution in [0.15, 0.2) is 12.5 Å². The number of hydrogen-bond acceptors (Lipinski definition) is 3. The average molecular weight is 225 g/mol. The monoisotopic (exact) mass is 225 g/mol. The second-order valence-corrected chi connectivity index (χ2v) is 3.98. The summed E-state index contributed by atoms with van der Waals surface area (Å²) < 4.78 is 0. The standard InChI is InChI=1S/C11H19N3O2/c1-3-8(2)10(11(15)16)13-5-4-9-6-12-7-14-9/h6-8,10,13H,3-5H2,1-2H3,(H,12,14)(H,15,16). The zero-order valence-electron chi connectivity index (χ0n) is 9.73. The number of nitrogens with zero attached hydrogens (tertiary/aromatic N) is 1. The van der Waals surface area contributed by atoms with Crippen LogP contribution >= 0.6 is 0 Å². The highest BCUT2D eigenvalue weighted by Crippen LogP contribution is 2.07. The van der Waals surface area contributed by atoms with Gasteiger partial charge in [0, 0.05) is 24.9 Å². The van der Waals surface area contributed by atoms with E-state index < -0.39 is 12.0 Å². The first-order valence-electron chi connectivity index (χ1n) is 5.58. The first-order chi connectivity index (χ1) is 7.65. The highest BCUT2D eigenvalue weighted by Gasteiger charge is 2.22. The number of aliphatic carboxylic acids is 1. The second-order valence-electron chi connectivity index (χ2n) is 3.98. The number of H-pyrrole nitrogens is 1. The molecule has 0 fully saturated rings. The number of carboxylic acid groups (broad SMARTS) is 1. The summed E-state index contributed by atoms with van der Waals surface area (Å²) in [6.07, 6.45) is 4.99. The first-order valence-corrected chi connectivity index (χ1v) is 5.58. The molecule has 5 heteroatoms. The maximum Gasteiger partial charge on any atom is 0.320 e. The van der Waals surface area contributed by atoms with Gasteiger partial charge in [-0.1, -0.05) is 20.3 Å². The lowest BCUT2D eigenvalue weighted by molar-refractivity contribution is -0.140. The van der Waals surface area contributed by atoms with Crippen molar-refractivity contribution in [1.29, 1.82) is 0 Å². The molecule has 0 aliphatic heterocycles.